The van der Waals surface area contributed by atoms with Gasteiger partial charge < -0.3 is 14.6 Å². The topological polar surface area (TPSA) is 77.2 Å². The molecule has 1 aromatic carbocycles. The van der Waals surface area contributed by atoms with Crippen LogP contribution in [-0.4, -0.2) is 35.3 Å². The zero-order chi connectivity index (χ0) is 19.5. The lowest BCUT2D eigenvalue weighted by molar-refractivity contribution is 0.0933. The van der Waals surface area contributed by atoms with Gasteiger partial charge >= 0.3 is 0 Å². The van der Waals surface area contributed by atoms with Crippen LogP contribution < -0.4 is 5.32 Å². The molecular formula is C21H21N3O3S. The highest BCUT2D eigenvalue weighted by molar-refractivity contribution is 7.14. The SMILES string of the molecule is Cc1nc(/C=C/c2c(-c3ccccc3)noc2C)sc1C(=O)NC1CCOC1. The lowest BCUT2D eigenvalue weighted by Gasteiger charge is -2.09. The van der Waals surface area contributed by atoms with E-state index < -0.39 is 0 Å². The molecule has 28 heavy (non-hydrogen) atoms. The van der Waals surface area contributed by atoms with Crippen LogP contribution in [0.1, 0.15) is 38.1 Å². The van der Waals surface area contributed by atoms with Crippen molar-refractivity contribution in [1.29, 1.82) is 0 Å². The third-order valence-corrected chi connectivity index (χ3v) is 5.75. The number of amides is 1. The number of aryl methyl sites for hydroxylation is 2. The van der Waals surface area contributed by atoms with Crippen LogP contribution in [0.5, 0.6) is 0 Å². The summed E-state index contributed by atoms with van der Waals surface area (Å²) in [6.07, 6.45) is 4.70. The lowest BCUT2D eigenvalue weighted by atomic mass is 10.1. The van der Waals surface area contributed by atoms with Crippen molar-refractivity contribution in [2.75, 3.05) is 13.2 Å². The van der Waals surface area contributed by atoms with E-state index in [-0.39, 0.29) is 11.9 Å². The van der Waals surface area contributed by atoms with Crippen molar-refractivity contribution in [3.05, 3.63) is 57.2 Å². The van der Waals surface area contributed by atoms with Crippen LogP contribution in [0.25, 0.3) is 23.4 Å². The van der Waals surface area contributed by atoms with Gasteiger partial charge in [0, 0.05) is 17.7 Å². The number of thiazole rings is 1. The van der Waals surface area contributed by atoms with Gasteiger partial charge in [-0.15, -0.1) is 11.3 Å². The number of benzene rings is 1. The van der Waals surface area contributed by atoms with E-state index in [9.17, 15) is 4.79 Å². The number of carbonyl (C=O) groups is 1. The quantitative estimate of drug-likeness (QED) is 0.704. The van der Waals surface area contributed by atoms with Gasteiger partial charge in [0.2, 0.25) is 0 Å². The molecule has 1 amide bonds. The lowest BCUT2D eigenvalue weighted by Crippen LogP contribution is -2.34. The Balaban J connectivity index is 1.55. The Morgan fingerprint density at radius 2 is 2.07 bits per heavy atom. The predicted octanol–water partition coefficient (Wildman–Crippen LogP) is 4.10. The first kappa shape index (κ1) is 18.6. The average molecular weight is 395 g/mol. The van der Waals surface area contributed by atoms with Crippen molar-refractivity contribution in [2.24, 2.45) is 0 Å². The fourth-order valence-corrected chi connectivity index (χ4v) is 4.01. The smallest absolute Gasteiger partial charge is 0.263 e. The summed E-state index contributed by atoms with van der Waals surface area (Å²) in [5.74, 6) is 0.652. The summed E-state index contributed by atoms with van der Waals surface area (Å²) in [6.45, 7) is 5.01. The molecule has 7 heteroatoms. The summed E-state index contributed by atoms with van der Waals surface area (Å²) in [5.41, 5.74) is 3.43. The number of hydrogen-bond acceptors (Lipinski definition) is 6. The van der Waals surface area contributed by atoms with Crippen molar-refractivity contribution in [3.63, 3.8) is 0 Å². The zero-order valence-corrected chi connectivity index (χ0v) is 16.6. The van der Waals surface area contributed by atoms with Crippen LogP contribution in [0.15, 0.2) is 34.9 Å². The Labute approximate surface area is 167 Å². The molecule has 4 rings (SSSR count). The van der Waals surface area contributed by atoms with Crippen LogP contribution >= 0.6 is 11.3 Å². The number of hydrogen-bond donors (Lipinski definition) is 1. The Hall–Kier alpha value is -2.77. The first-order valence-corrected chi connectivity index (χ1v) is 9.99. The highest BCUT2D eigenvalue weighted by Crippen LogP contribution is 2.28. The number of nitrogens with zero attached hydrogens (tertiary/aromatic N) is 2. The molecule has 0 radical (unpaired) electrons. The maximum Gasteiger partial charge on any atom is 0.263 e. The Morgan fingerprint density at radius 1 is 1.25 bits per heavy atom. The maximum absolute atomic E-state index is 12.5. The average Bonchev–Trinajstić information content (AvgIpc) is 3.42. The standard InChI is InChI=1S/C21H21N3O3S/c1-13-20(21(25)23-16-10-11-26-12-16)28-18(22-13)9-8-17-14(2)27-24-19(17)15-6-4-3-5-7-15/h3-9,16H,10-12H2,1-2H3,(H,23,25)/b9-8+. The van der Waals surface area contributed by atoms with Gasteiger partial charge in [-0.05, 0) is 32.4 Å². The van der Waals surface area contributed by atoms with Crippen LogP contribution in [0.3, 0.4) is 0 Å². The fourth-order valence-electron chi connectivity index (χ4n) is 3.13. The van der Waals surface area contributed by atoms with Crippen LogP contribution in [-0.2, 0) is 4.74 Å². The first-order valence-electron chi connectivity index (χ1n) is 9.17. The maximum atomic E-state index is 12.5. The Kier molecular flexibility index (Phi) is 5.36. The Morgan fingerprint density at radius 3 is 2.82 bits per heavy atom. The molecule has 1 fully saturated rings. The third kappa shape index (κ3) is 3.90. The second kappa shape index (κ2) is 8.08. The number of aromatic nitrogens is 2. The Bertz CT molecular complexity index is 1000. The van der Waals surface area contributed by atoms with E-state index in [0.29, 0.717) is 18.1 Å². The van der Waals surface area contributed by atoms with Crippen molar-refractivity contribution in [1.82, 2.24) is 15.5 Å². The van der Waals surface area contributed by atoms with Crippen LogP contribution in [0, 0.1) is 13.8 Å². The summed E-state index contributed by atoms with van der Waals surface area (Å²) in [6, 6.07) is 9.99. The molecule has 6 nitrogen and oxygen atoms in total. The minimum Gasteiger partial charge on any atom is -0.379 e. The molecule has 3 heterocycles. The molecule has 1 N–H and O–H groups in total. The van der Waals surface area contributed by atoms with Gasteiger partial charge in [-0.1, -0.05) is 35.5 Å². The minimum atomic E-state index is -0.0868. The van der Waals surface area contributed by atoms with Gasteiger partial charge in [-0.25, -0.2) is 4.98 Å². The molecular weight excluding hydrogens is 374 g/mol. The monoisotopic (exact) mass is 395 g/mol. The summed E-state index contributed by atoms with van der Waals surface area (Å²) in [4.78, 5) is 17.7. The zero-order valence-electron chi connectivity index (χ0n) is 15.8. The normalized spacial score (nSPS) is 16.7. The van der Waals surface area contributed by atoms with Crippen molar-refractivity contribution in [2.45, 2.75) is 26.3 Å². The summed E-state index contributed by atoms with van der Waals surface area (Å²) in [7, 11) is 0. The van der Waals surface area contributed by atoms with Gasteiger partial charge in [0.15, 0.2) is 0 Å². The van der Waals surface area contributed by atoms with Crippen molar-refractivity contribution < 1.29 is 14.1 Å². The molecule has 1 unspecified atom stereocenters. The summed E-state index contributed by atoms with van der Waals surface area (Å²) < 4.78 is 10.7. The molecule has 0 saturated carbocycles. The largest absolute Gasteiger partial charge is 0.379 e. The van der Waals surface area contributed by atoms with Gasteiger partial charge in [-0.2, -0.15) is 0 Å². The fraction of sp³-hybridized carbons (Fsp3) is 0.286. The molecule has 1 saturated heterocycles. The molecule has 2 aromatic heterocycles. The molecule has 0 spiro atoms. The second-order valence-electron chi connectivity index (χ2n) is 6.70. The van der Waals surface area contributed by atoms with E-state index in [1.54, 1.807) is 0 Å². The molecule has 144 valence electrons. The summed E-state index contributed by atoms with van der Waals surface area (Å²) >= 11 is 1.38. The molecule has 1 aliphatic heterocycles. The number of nitrogens with one attached hydrogen (secondary N) is 1. The highest BCUT2D eigenvalue weighted by atomic mass is 32.1. The van der Waals surface area contributed by atoms with Crippen molar-refractivity contribution in [3.8, 4) is 11.3 Å². The van der Waals surface area contributed by atoms with Gasteiger partial charge in [0.05, 0.1) is 18.3 Å². The molecule has 0 bridgehead atoms. The number of rotatable bonds is 5. The van der Waals surface area contributed by atoms with Crippen LogP contribution in [0.4, 0.5) is 0 Å². The van der Waals surface area contributed by atoms with Crippen LogP contribution in [0.2, 0.25) is 0 Å². The van der Waals surface area contributed by atoms with Crippen molar-refractivity contribution >= 4 is 29.4 Å². The second-order valence-corrected chi connectivity index (χ2v) is 7.73. The van der Waals surface area contributed by atoms with E-state index in [0.717, 1.165) is 39.7 Å². The van der Waals surface area contributed by atoms with Gasteiger partial charge in [0.1, 0.15) is 21.3 Å². The van der Waals surface area contributed by atoms with E-state index in [1.165, 1.54) is 11.3 Å². The van der Waals surface area contributed by atoms with E-state index in [2.05, 4.69) is 15.5 Å². The molecule has 1 aliphatic rings. The highest BCUT2D eigenvalue weighted by Gasteiger charge is 2.21. The minimum absolute atomic E-state index is 0.0843. The molecule has 3 aromatic rings. The van der Waals surface area contributed by atoms with E-state index in [1.807, 2.05) is 56.3 Å². The number of carbonyl (C=O) groups excluding carboxylic acids is 1. The predicted molar refractivity (Wildman–Crippen MR) is 109 cm³/mol. The van der Waals surface area contributed by atoms with Gasteiger partial charge in [0.25, 0.3) is 5.91 Å². The van der Waals surface area contributed by atoms with E-state index in [4.69, 9.17) is 9.26 Å². The number of ether oxygens (including phenoxy) is 1. The first-order chi connectivity index (χ1) is 13.6. The molecule has 0 aliphatic carbocycles. The third-order valence-electron chi connectivity index (χ3n) is 4.63. The van der Waals surface area contributed by atoms with E-state index >= 15 is 0 Å². The summed E-state index contributed by atoms with van der Waals surface area (Å²) in [5, 5.41) is 7.97. The van der Waals surface area contributed by atoms with Gasteiger partial charge in [-0.3, -0.25) is 4.79 Å². The molecule has 1 atom stereocenters.